The van der Waals surface area contributed by atoms with Gasteiger partial charge in [0.15, 0.2) is 5.96 Å². The Morgan fingerprint density at radius 1 is 0.847 bits per heavy atom. The molecule has 4 amide bonds. The number of hydrogen-bond acceptors (Lipinski definition) is 6. The van der Waals surface area contributed by atoms with E-state index in [0.29, 0.717) is 49.8 Å². The van der Waals surface area contributed by atoms with E-state index in [1.54, 1.807) is 31.4 Å². The van der Waals surface area contributed by atoms with Gasteiger partial charge in [-0.25, -0.2) is 9.18 Å². The van der Waals surface area contributed by atoms with Crippen molar-refractivity contribution in [3.05, 3.63) is 95.4 Å². The molecule has 14 heteroatoms. The summed E-state index contributed by atoms with van der Waals surface area (Å²) in [5.74, 6) is -0.0379. The molecule has 59 heavy (non-hydrogen) atoms. The number of likely N-dealkylation sites (tertiary alicyclic amines) is 1. The molecule has 1 saturated heterocycles. The first-order valence-corrected chi connectivity index (χ1v) is 21.1. The first-order chi connectivity index (χ1) is 28.6. The standard InChI is InChI=1S/C45H60FN9O4/c1-59-37-19-14-31(15-20-37)25-40(43(57)52-39(11-8-22-49-44(47)48)42(56)50-27-32-9-4-2-5-10-32)53-45(58)51-36-18-21-38-34(29-54-23-6-3-7-24-54)30-55(41(38)26-36)28-33-12-16-35(46)17-13-33/h12-21,26,30,32,39-40H,2-11,22-25,27-29H2,1H3,(H,50,56)(H,52,57)(H4,47,48,49)(H2,51,53,58)/t39-,40-/m0/s1. The van der Waals surface area contributed by atoms with Crippen molar-refractivity contribution in [2.75, 3.05) is 38.6 Å². The smallest absolute Gasteiger partial charge is 0.319 e. The summed E-state index contributed by atoms with van der Waals surface area (Å²) >= 11 is 0. The van der Waals surface area contributed by atoms with Gasteiger partial charge in [0, 0.05) is 49.9 Å². The molecule has 1 saturated carbocycles. The number of piperidine rings is 1. The minimum Gasteiger partial charge on any atom is -0.497 e. The zero-order valence-corrected chi connectivity index (χ0v) is 34.2. The zero-order valence-electron chi connectivity index (χ0n) is 34.2. The van der Waals surface area contributed by atoms with Crippen LogP contribution in [0.2, 0.25) is 0 Å². The summed E-state index contributed by atoms with van der Waals surface area (Å²) in [7, 11) is 1.58. The maximum atomic E-state index is 14.1. The summed E-state index contributed by atoms with van der Waals surface area (Å²) in [5.41, 5.74) is 15.5. The van der Waals surface area contributed by atoms with Gasteiger partial charge < -0.3 is 42.0 Å². The Morgan fingerprint density at radius 2 is 1.56 bits per heavy atom. The Bertz CT molecular complexity index is 2020. The first kappa shape index (κ1) is 43.0. The largest absolute Gasteiger partial charge is 0.497 e. The lowest BCUT2D eigenvalue weighted by Crippen LogP contribution is -2.55. The molecule has 0 bridgehead atoms. The molecule has 8 N–H and O–H groups in total. The van der Waals surface area contributed by atoms with Crippen molar-refractivity contribution in [1.82, 2.24) is 25.4 Å². The third-order valence-electron chi connectivity index (χ3n) is 11.4. The van der Waals surface area contributed by atoms with E-state index in [9.17, 15) is 18.8 Å². The van der Waals surface area contributed by atoms with Crippen LogP contribution in [0.3, 0.4) is 0 Å². The number of rotatable bonds is 18. The highest BCUT2D eigenvalue weighted by atomic mass is 19.1. The fraction of sp³-hybridized carbons (Fsp3) is 0.467. The molecule has 0 radical (unpaired) electrons. The average molecular weight is 810 g/mol. The van der Waals surface area contributed by atoms with Crippen molar-refractivity contribution in [3.8, 4) is 5.75 Å². The van der Waals surface area contributed by atoms with Gasteiger partial charge in [-0.15, -0.1) is 0 Å². The second kappa shape index (κ2) is 21.4. The number of ether oxygens (including phenoxy) is 1. The number of guanidine groups is 1. The topological polar surface area (TPSA) is 181 Å². The van der Waals surface area contributed by atoms with E-state index in [1.165, 1.54) is 43.4 Å². The Kier molecular flexibility index (Phi) is 15.6. The first-order valence-electron chi connectivity index (χ1n) is 21.1. The molecule has 2 fully saturated rings. The number of anilines is 1. The molecule has 13 nitrogen and oxygen atoms in total. The molecule has 2 atom stereocenters. The monoisotopic (exact) mass is 809 g/mol. The van der Waals surface area contributed by atoms with Crippen molar-refractivity contribution < 1.29 is 23.5 Å². The number of amides is 4. The van der Waals surface area contributed by atoms with Gasteiger partial charge >= 0.3 is 6.03 Å². The lowest BCUT2D eigenvalue weighted by molar-refractivity contribution is -0.130. The van der Waals surface area contributed by atoms with Crippen LogP contribution in [0.15, 0.2) is 77.9 Å². The molecule has 2 heterocycles. The molecule has 1 aromatic heterocycles. The maximum absolute atomic E-state index is 14.1. The number of nitrogens with one attached hydrogen (secondary N) is 4. The predicted molar refractivity (Wildman–Crippen MR) is 231 cm³/mol. The second-order valence-electron chi connectivity index (χ2n) is 15.9. The fourth-order valence-electron chi connectivity index (χ4n) is 8.18. The maximum Gasteiger partial charge on any atom is 0.319 e. The summed E-state index contributed by atoms with van der Waals surface area (Å²) in [6.07, 6.45) is 12.3. The highest BCUT2D eigenvalue weighted by molar-refractivity contribution is 5.97. The van der Waals surface area contributed by atoms with Crippen molar-refractivity contribution in [3.63, 3.8) is 0 Å². The van der Waals surface area contributed by atoms with Gasteiger partial charge in [-0.3, -0.25) is 19.5 Å². The normalized spacial score (nSPS) is 15.8. The Balaban J connectivity index is 1.20. The van der Waals surface area contributed by atoms with Crippen LogP contribution in [0.5, 0.6) is 5.75 Å². The van der Waals surface area contributed by atoms with Crippen LogP contribution in [0.1, 0.15) is 80.9 Å². The average Bonchev–Trinajstić information content (AvgIpc) is 3.57. The number of methoxy groups -OCH3 is 1. The lowest BCUT2D eigenvalue weighted by atomic mass is 9.89. The van der Waals surface area contributed by atoms with Crippen LogP contribution in [-0.2, 0) is 29.1 Å². The van der Waals surface area contributed by atoms with Gasteiger partial charge in [-0.2, -0.15) is 0 Å². The number of hydrogen-bond donors (Lipinski definition) is 6. The van der Waals surface area contributed by atoms with Gasteiger partial charge in [-0.1, -0.05) is 56.0 Å². The molecular weight excluding hydrogens is 750 g/mol. The van der Waals surface area contributed by atoms with Crippen LogP contribution < -0.4 is 37.5 Å². The minimum atomic E-state index is -1.03. The Labute approximate surface area is 346 Å². The van der Waals surface area contributed by atoms with Crippen LogP contribution >= 0.6 is 0 Å². The van der Waals surface area contributed by atoms with Crippen molar-refractivity contribution >= 4 is 40.4 Å². The van der Waals surface area contributed by atoms with Crippen LogP contribution in [0.25, 0.3) is 10.9 Å². The van der Waals surface area contributed by atoms with Gasteiger partial charge in [0.05, 0.1) is 12.6 Å². The molecule has 1 aliphatic heterocycles. The molecule has 4 aromatic rings. The number of aromatic nitrogens is 1. The highest BCUT2D eigenvalue weighted by Gasteiger charge is 2.28. The summed E-state index contributed by atoms with van der Waals surface area (Å²) in [6, 6.07) is 17.1. The predicted octanol–water partition coefficient (Wildman–Crippen LogP) is 5.79. The second-order valence-corrected chi connectivity index (χ2v) is 15.9. The number of nitrogens with zero attached hydrogens (tertiary/aromatic N) is 3. The highest BCUT2D eigenvalue weighted by Crippen LogP contribution is 2.28. The summed E-state index contributed by atoms with van der Waals surface area (Å²) in [6.45, 7) is 4.30. The number of carbonyl (C=O) groups is 3. The van der Waals surface area contributed by atoms with E-state index in [4.69, 9.17) is 16.2 Å². The molecular formula is C45H60FN9O4. The molecule has 0 spiro atoms. The Morgan fingerprint density at radius 3 is 2.27 bits per heavy atom. The Hall–Kier alpha value is -5.63. The van der Waals surface area contributed by atoms with Gasteiger partial charge in [0.25, 0.3) is 0 Å². The zero-order chi connectivity index (χ0) is 41.6. The SMILES string of the molecule is COc1ccc(C[C@H](NC(=O)Nc2ccc3c(CN4CCCCC4)cn(Cc4ccc(F)cc4)c3c2)C(=O)N[C@@H](CCCN=C(N)N)C(=O)NCC2CCCCC2)cc1. The van der Waals surface area contributed by atoms with E-state index in [2.05, 4.69) is 41.9 Å². The number of fused-ring (bicyclic) bond motifs is 1. The van der Waals surface area contributed by atoms with Crippen LogP contribution in [0.4, 0.5) is 14.9 Å². The third kappa shape index (κ3) is 12.9. The number of benzene rings is 3. The van der Waals surface area contributed by atoms with Crippen LogP contribution in [-0.4, -0.2) is 78.6 Å². The van der Waals surface area contributed by atoms with Gasteiger partial charge in [0.1, 0.15) is 23.7 Å². The number of nitrogens with two attached hydrogens (primary N) is 2. The van der Waals surface area contributed by atoms with E-state index >= 15 is 0 Å². The quantitative estimate of drug-likeness (QED) is 0.0418. The molecule has 0 unspecified atom stereocenters. The van der Waals surface area contributed by atoms with E-state index < -0.39 is 24.0 Å². The van der Waals surface area contributed by atoms with Crippen LogP contribution in [0, 0.1) is 11.7 Å². The van der Waals surface area contributed by atoms with Crippen molar-refractivity contribution in [2.45, 2.75) is 95.8 Å². The van der Waals surface area contributed by atoms with E-state index in [-0.39, 0.29) is 24.1 Å². The fourth-order valence-corrected chi connectivity index (χ4v) is 8.18. The van der Waals surface area contributed by atoms with E-state index in [1.807, 2.05) is 30.3 Å². The number of carbonyl (C=O) groups excluding carboxylic acids is 3. The molecule has 1 aliphatic carbocycles. The number of halogens is 1. The molecule has 2 aliphatic rings. The summed E-state index contributed by atoms with van der Waals surface area (Å²) in [4.78, 5) is 48.1. The van der Waals surface area contributed by atoms with E-state index in [0.717, 1.165) is 67.3 Å². The number of aliphatic imine (C=N–C) groups is 1. The molecule has 316 valence electrons. The number of urea groups is 1. The molecule has 3 aromatic carbocycles. The van der Waals surface area contributed by atoms with Gasteiger partial charge in [0.2, 0.25) is 11.8 Å². The molecule has 6 rings (SSSR count). The third-order valence-corrected chi connectivity index (χ3v) is 11.4. The lowest BCUT2D eigenvalue weighted by Gasteiger charge is -2.26. The summed E-state index contributed by atoms with van der Waals surface area (Å²) < 4.78 is 21.2. The van der Waals surface area contributed by atoms with Crippen molar-refractivity contribution in [2.24, 2.45) is 22.4 Å². The summed E-state index contributed by atoms with van der Waals surface area (Å²) in [5, 5.41) is 12.9. The van der Waals surface area contributed by atoms with Gasteiger partial charge in [-0.05, 0) is 111 Å². The minimum absolute atomic E-state index is 0.0415. The van der Waals surface area contributed by atoms with Crippen molar-refractivity contribution in [1.29, 1.82) is 0 Å².